The predicted octanol–water partition coefficient (Wildman–Crippen LogP) is 6.45. The molecule has 0 amide bonds. The summed E-state index contributed by atoms with van der Waals surface area (Å²) in [6.07, 6.45) is 7.29. The molecule has 0 unspecified atom stereocenters. The van der Waals surface area contributed by atoms with Gasteiger partial charge in [-0.3, -0.25) is 0 Å². The molecule has 5 heteroatoms. The first-order valence-corrected chi connectivity index (χ1v) is 19.9. The van der Waals surface area contributed by atoms with E-state index in [-0.39, 0.29) is 28.3 Å². The Morgan fingerprint density at radius 1 is 0.442 bits per heavy atom. The van der Waals surface area contributed by atoms with Gasteiger partial charge in [-0.05, 0) is 105 Å². The van der Waals surface area contributed by atoms with Crippen molar-refractivity contribution in [1.29, 1.82) is 0 Å². The molecule has 5 radical (unpaired) electrons. The van der Waals surface area contributed by atoms with Gasteiger partial charge in [0.1, 0.15) is 0 Å². The van der Waals surface area contributed by atoms with Gasteiger partial charge in [-0.15, -0.1) is 0 Å². The standard InChI is InChI=1S/C38H41P2.2ClH.Rh/c1-30-31(2)37(26-16-28-39(33-18-8-4-9-19-33)34-20-10-5-11-21-34)38(32(30)3)27-17-29-40(35-22-12-6-13-23-35)36-24-14-7-15-25-36;;;/h4-15,18-25H,16-17,26-29H2,1-3H3;2*1H;/q;;;+3/p-2. The average molecular weight is 734 g/mol. The van der Waals surface area contributed by atoms with Crippen molar-refractivity contribution in [2.75, 3.05) is 12.3 Å². The molecule has 0 bridgehead atoms. The molecule has 1 saturated carbocycles. The van der Waals surface area contributed by atoms with E-state index in [2.05, 4.69) is 152 Å². The van der Waals surface area contributed by atoms with Gasteiger partial charge in [-0.25, -0.2) is 0 Å². The third kappa shape index (κ3) is 9.96. The molecule has 5 rings (SSSR count). The minimum atomic E-state index is -0.336. The van der Waals surface area contributed by atoms with Gasteiger partial charge in [0.25, 0.3) is 0 Å². The summed E-state index contributed by atoms with van der Waals surface area (Å²) in [5, 5.41) is 5.97. The molecular formula is C38H41Cl2P2Rh+. The summed E-state index contributed by atoms with van der Waals surface area (Å²) >= 11 is 2.02. The van der Waals surface area contributed by atoms with Crippen LogP contribution in [-0.4, -0.2) is 12.3 Å². The normalized spacial score (nSPS) is 15.0. The number of benzene rings is 4. The molecule has 0 spiro atoms. The molecule has 43 heavy (non-hydrogen) atoms. The molecule has 4 aromatic rings. The second-order valence-electron chi connectivity index (χ2n) is 10.7. The molecular weight excluding hydrogens is 692 g/mol. The molecule has 0 saturated heterocycles. The van der Waals surface area contributed by atoms with E-state index in [9.17, 15) is 0 Å². The van der Waals surface area contributed by atoms with Crippen molar-refractivity contribution in [2.24, 2.45) is 0 Å². The van der Waals surface area contributed by atoms with E-state index in [0.29, 0.717) is 0 Å². The van der Waals surface area contributed by atoms with Crippen LogP contribution in [0.4, 0.5) is 0 Å². The van der Waals surface area contributed by atoms with Crippen LogP contribution in [-0.2, 0) is 17.3 Å². The van der Waals surface area contributed by atoms with Gasteiger partial charge in [0.2, 0.25) is 0 Å². The Balaban J connectivity index is 0.00000165. The number of hydrogen-bond acceptors (Lipinski definition) is 0. The molecule has 4 aromatic carbocycles. The number of hydrogen-bond donors (Lipinski definition) is 0. The fourth-order valence-corrected chi connectivity index (χ4v) is 10.6. The van der Waals surface area contributed by atoms with E-state index >= 15 is 0 Å². The van der Waals surface area contributed by atoms with E-state index in [1.54, 1.807) is 11.8 Å². The van der Waals surface area contributed by atoms with Crippen molar-refractivity contribution in [3.63, 3.8) is 0 Å². The van der Waals surface area contributed by atoms with Crippen LogP contribution in [0.15, 0.2) is 121 Å². The quantitative estimate of drug-likeness (QED) is 0.116. The van der Waals surface area contributed by atoms with Gasteiger partial charge in [0, 0.05) is 0 Å². The predicted molar refractivity (Wildman–Crippen MR) is 185 cm³/mol. The second-order valence-corrected chi connectivity index (χ2v) is 15.4. The summed E-state index contributed by atoms with van der Waals surface area (Å²) in [4.78, 5) is 0. The maximum absolute atomic E-state index is 4.53. The number of halogens is 2. The van der Waals surface area contributed by atoms with Crippen LogP contribution in [0.1, 0.15) is 46.5 Å². The molecule has 0 nitrogen and oxygen atoms in total. The zero-order valence-electron chi connectivity index (χ0n) is 25.3. The van der Waals surface area contributed by atoms with Crippen LogP contribution in [0.25, 0.3) is 0 Å². The molecule has 0 N–H and O–H groups in total. The van der Waals surface area contributed by atoms with Gasteiger partial charge in [-0.1, -0.05) is 142 Å². The van der Waals surface area contributed by atoms with Crippen molar-refractivity contribution < 1.29 is 29.7 Å². The van der Waals surface area contributed by atoms with Crippen molar-refractivity contribution in [3.05, 3.63) is 151 Å². The first kappa shape index (κ1) is 36.4. The third-order valence-electron chi connectivity index (χ3n) is 8.28. The average Bonchev–Trinajstić information content (AvgIpc) is 3.26. The summed E-state index contributed by atoms with van der Waals surface area (Å²) in [5.74, 6) is 7.84. The zero-order chi connectivity index (χ0) is 29.7. The number of rotatable bonds is 12. The summed E-state index contributed by atoms with van der Waals surface area (Å²) in [6.45, 7) is 7.05. The summed E-state index contributed by atoms with van der Waals surface area (Å²) in [6, 6.07) is 44.7. The molecule has 0 aromatic heterocycles. The molecule has 225 valence electrons. The molecule has 0 aliphatic heterocycles. The van der Waals surface area contributed by atoms with E-state index in [1.165, 1.54) is 77.0 Å². The zero-order valence-corrected chi connectivity index (χ0v) is 30.2. The SMILES string of the molecule is C[C]1[C](C)[C](CCCP(c2ccccc2)c2ccccc2)[C](CCCP(c2ccccc2)c2ccccc2)[C]1C.[Cl-].[Cl][Rh+2]. The third-order valence-corrected chi connectivity index (χ3v) is 13.5. The Hall–Kier alpha value is -1.06. The topological polar surface area (TPSA) is 0 Å². The summed E-state index contributed by atoms with van der Waals surface area (Å²) < 4.78 is 0. The van der Waals surface area contributed by atoms with Crippen molar-refractivity contribution in [2.45, 2.75) is 46.5 Å². The Morgan fingerprint density at radius 3 is 0.953 bits per heavy atom. The van der Waals surface area contributed by atoms with Gasteiger partial charge < -0.3 is 12.4 Å². The summed E-state index contributed by atoms with van der Waals surface area (Å²) in [5.41, 5.74) is 0. The van der Waals surface area contributed by atoms with E-state index in [4.69, 9.17) is 0 Å². The Bertz CT molecular complexity index is 1100. The Kier molecular flexibility index (Phi) is 16.5. The van der Waals surface area contributed by atoms with E-state index in [0.717, 1.165) is 0 Å². The fraction of sp³-hybridized carbons (Fsp3) is 0.237. The van der Waals surface area contributed by atoms with Crippen molar-refractivity contribution in [1.82, 2.24) is 0 Å². The van der Waals surface area contributed by atoms with Crippen molar-refractivity contribution in [3.8, 4) is 0 Å². The first-order chi connectivity index (χ1) is 20.6. The fourth-order valence-electron chi connectivity index (χ4n) is 5.94. The Labute approximate surface area is 284 Å². The Morgan fingerprint density at radius 2 is 0.698 bits per heavy atom. The van der Waals surface area contributed by atoms with Crippen LogP contribution in [0.5, 0.6) is 0 Å². The molecule has 1 aliphatic carbocycles. The minimum absolute atomic E-state index is 0. The van der Waals surface area contributed by atoms with Gasteiger partial charge >= 0.3 is 27.0 Å². The maximum atomic E-state index is 4.53. The molecule has 0 heterocycles. The monoisotopic (exact) mass is 732 g/mol. The van der Waals surface area contributed by atoms with E-state index < -0.39 is 0 Å². The second kappa shape index (κ2) is 19.5. The van der Waals surface area contributed by atoms with Crippen LogP contribution >= 0.6 is 25.5 Å². The van der Waals surface area contributed by atoms with E-state index in [1.807, 2.05) is 17.3 Å². The van der Waals surface area contributed by atoms with Crippen LogP contribution in [0, 0.1) is 29.6 Å². The van der Waals surface area contributed by atoms with Gasteiger partial charge in [-0.2, -0.15) is 0 Å². The van der Waals surface area contributed by atoms with Crippen molar-refractivity contribution >= 4 is 46.8 Å². The summed E-state index contributed by atoms with van der Waals surface area (Å²) in [7, 11) is 3.86. The molecule has 1 fully saturated rings. The first-order valence-electron chi connectivity index (χ1n) is 14.8. The van der Waals surface area contributed by atoms with Gasteiger partial charge in [0.15, 0.2) is 0 Å². The van der Waals surface area contributed by atoms with Crippen LogP contribution < -0.4 is 33.6 Å². The van der Waals surface area contributed by atoms with Gasteiger partial charge in [0.05, 0.1) is 0 Å². The van der Waals surface area contributed by atoms with Crippen LogP contribution in [0.2, 0.25) is 0 Å². The van der Waals surface area contributed by atoms with Crippen LogP contribution in [0.3, 0.4) is 0 Å². The molecule has 1 aliphatic rings. The molecule has 0 atom stereocenters.